The molecular formula is C12H15NO. The molecule has 0 saturated heterocycles. The van der Waals surface area contributed by atoms with E-state index in [9.17, 15) is 5.26 Å². The summed E-state index contributed by atoms with van der Waals surface area (Å²) in [5.74, 6) is 0. The Hall–Kier alpha value is -1.33. The van der Waals surface area contributed by atoms with Crippen LogP contribution in [0.5, 0.6) is 0 Å². The predicted octanol–water partition coefficient (Wildman–Crippen LogP) is 2.85. The summed E-state index contributed by atoms with van der Waals surface area (Å²) >= 11 is 0. The number of nitriles is 1. The number of nitrogens with zero attached hydrogens (tertiary/aromatic N) is 1. The molecule has 0 aliphatic rings. The molecular weight excluding hydrogens is 174 g/mol. The third-order valence-electron chi connectivity index (χ3n) is 2.31. The third kappa shape index (κ3) is 1.94. The van der Waals surface area contributed by atoms with Crippen molar-refractivity contribution in [1.82, 2.24) is 0 Å². The van der Waals surface area contributed by atoms with Gasteiger partial charge in [0, 0.05) is 6.61 Å². The molecule has 0 heterocycles. The zero-order valence-electron chi connectivity index (χ0n) is 8.66. The van der Waals surface area contributed by atoms with Crippen LogP contribution in [0.4, 0.5) is 0 Å². The zero-order valence-corrected chi connectivity index (χ0v) is 8.66. The molecule has 0 radical (unpaired) electrons. The third-order valence-corrected chi connectivity index (χ3v) is 2.31. The lowest BCUT2D eigenvalue weighted by atomic mass is 9.92. The summed E-state index contributed by atoms with van der Waals surface area (Å²) < 4.78 is 5.55. The summed E-state index contributed by atoms with van der Waals surface area (Å²) in [7, 11) is 0. The normalized spacial score (nSPS) is 14.4. The maximum absolute atomic E-state index is 9.19. The van der Waals surface area contributed by atoms with E-state index in [1.807, 2.05) is 44.2 Å². The predicted molar refractivity (Wildman–Crippen MR) is 55.7 cm³/mol. The van der Waals surface area contributed by atoms with E-state index < -0.39 is 5.60 Å². The molecule has 0 aliphatic carbocycles. The summed E-state index contributed by atoms with van der Waals surface area (Å²) in [6, 6.07) is 11.9. The number of benzene rings is 1. The first-order valence-electron chi connectivity index (χ1n) is 4.89. The van der Waals surface area contributed by atoms with Gasteiger partial charge in [0.25, 0.3) is 0 Å². The molecule has 0 spiro atoms. The average molecular weight is 189 g/mol. The number of ether oxygens (including phenoxy) is 1. The van der Waals surface area contributed by atoms with Crippen molar-refractivity contribution in [3.63, 3.8) is 0 Å². The van der Waals surface area contributed by atoms with Crippen LogP contribution in [-0.2, 0) is 10.3 Å². The molecule has 2 heteroatoms. The monoisotopic (exact) mass is 189 g/mol. The van der Waals surface area contributed by atoms with Crippen molar-refractivity contribution in [3.05, 3.63) is 35.9 Å². The molecule has 0 aromatic heterocycles. The minimum absolute atomic E-state index is 0.552. The Labute approximate surface area is 85.1 Å². The van der Waals surface area contributed by atoms with Gasteiger partial charge in [-0.15, -0.1) is 0 Å². The second kappa shape index (κ2) is 4.78. The van der Waals surface area contributed by atoms with Crippen LogP contribution in [0.3, 0.4) is 0 Å². The molecule has 2 nitrogen and oxygen atoms in total. The van der Waals surface area contributed by atoms with Gasteiger partial charge in [-0.05, 0) is 18.9 Å². The molecule has 1 atom stereocenters. The van der Waals surface area contributed by atoms with Gasteiger partial charge in [-0.1, -0.05) is 37.3 Å². The fourth-order valence-electron chi connectivity index (χ4n) is 1.52. The molecule has 1 aromatic carbocycles. The van der Waals surface area contributed by atoms with Crippen LogP contribution in [0.15, 0.2) is 30.3 Å². The zero-order chi connectivity index (χ0) is 10.4. The standard InChI is InChI=1S/C12H15NO/c1-3-12(10-13,14-4-2)11-8-6-5-7-9-11/h5-9H,3-4H2,1-2H3. The summed E-state index contributed by atoms with van der Waals surface area (Å²) in [6.45, 7) is 4.42. The minimum Gasteiger partial charge on any atom is -0.356 e. The van der Waals surface area contributed by atoms with Crippen molar-refractivity contribution in [1.29, 1.82) is 5.26 Å². The van der Waals surface area contributed by atoms with Crippen molar-refractivity contribution in [2.24, 2.45) is 0 Å². The van der Waals surface area contributed by atoms with E-state index in [1.54, 1.807) is 0 Å². The molecule has 14 heavy (non-hydrogen) atoms. The van der Waals surface area contributed by atoms with Crippen LogP contribution < -0.4 is 0 Å². The summed E-state index contributed by atoms with van der Waals surface area (Å²) in [4.78, 5) is 0. The molecule has 0 aliphatic heterocycles. The Morgan fingerprint density at radius 1 is 1.29 bits per heavy atom. The van der Waals surface area contributed by atoms with Crippen LogP contribution in [0.2, 0.25) is 0 Å². The van der Waals surface area contributed by atoms with Gasteiger partial charge in [0.1, 0.15) is 6.07 Å². The molecule has 0 amide bonds. The maximum atomic E-state index is 9.19. The fraction of sp³-hybridized carbons (Fsp3) is 0.417. The van der Waals surface area contributed by atoms with E-state index in [0.29, 0.717) is 13.0 Å². The Kier molecular flexibility index (Phi) is 3.67. The SMILES string of the molecule is CCOC(C#N)(CC)c1ccccc1. The van der Waals surface area contributed by atoms with E-state index in [0.717, 1.165) is 5.56 Å². The maximum Gasteiger partial charge on any atom is 0.179 e. The van der Waals surface area contributed by atoms with Crippen LogP contribution in [0.1, 0.15) is 25.8 Å². The lowest BCUT2D eigenvalue weighted by molar-refractivity contribution is -0.00124. The second-order valence-electron chi connectivity index (χ2n) is 3.09. The first kappa shape index (κ1) is 10.7. The molecule has 1 rings (SSSR count). The number of rotatable bonds is 4. The van der Waals surface area contributed by atoms with Crippen molar-refractivity contribution < 1.29 is 4.74 Å². The van der Waals surface area contributed by atoms with Gasteiger partial charge >= 0.3 is 0 Å². The Balaban J connectivity index is 3.06. The van der Waals surface area contributed by atoms with Gasteiger partial charge in [0.05, 0.1) is 0 Å². The van der Waals surface area contributed by atoms with Gasteiger partial charge in [-0.3, -0.25) is 0 Å². The van der Waals surface area contributed by atoms with Crippen LogP contribution in [0, 0.1) is 11.3 Å². The average Bonchev–Trinajstić information content (AvgIpc) is 2.27. The minimum atomic E-state index is -0.768. The van der Waals surface area contributed by atoms with Gasteiger partial charge in [0.2, 0.25) is 0 Å². The van der Waals surface area contributed by atoms with E-state index >= 15 is 0 Å². The van der Waals surface area contributed by atoms with E-state index in [1.165, 1.54) is 0 Å². The van der Waals surface area contributed by atoms with Gasteiger partial charge in [0.15, 0.2) is 5.60 Å². The van der Waals surface area contributed by atoms with Crippen LogP contribution in [0.25, 0.3) is 0 Å². The van der Waals surface area contributed by atoms with Gasteiger partial charge < -0.3 is 4.74 Å². The number of hydrogen-bond donors (Lipinski definition) is 0. The van der Waals surface area contributed by atoms with Gasteiger partial charge in [-0.25, -0.2) is 0 Å². The van der Waals surface area contributed by atoms with E-state index in [2.05, 4.69) is 6.07 Å². The van der Waals surface area contributed by atoms with Gasteiger partial charge in [-0.2, -0.15) is 5.26 Å². The van der Waals surface area contributed by atoms with Crippen molar-refractivity contribution in [2.45, 2.75) is 25.9 Å². The molecule has 0 fully saturated rings. The smallest absolute Gasteiger partial charge is 0.179 e. The lowest BCUT2D eigenvalue weighted by Gasteiger charge is -2.25. The molecule has 74 valence electrons. The van der Waals surface area contributed by atoms with E-state index in [4.69, 9.17) is 4.74 Å². The van der Waals surface area contributed by atoms with Crippen molar-refractivity contribution in [3.8, 4) is 6.07 Å². The highest BCUT2D eigenvalue weighted by atomic mass is 16.5. The highest BCUT2D eigenvalue weighted by molar-refractivity contribution is 5.28. The Morgan fingerprint density at radius 2 is 1.93 bits per heavy atom. The molecule has 1 unspecified atom stereocenters. The quantitative estimate of drug-likeness (QED) is 0.729. The largest absolute Gasteiger partial charge is 0.356 e. The fourth-order valence-corrected chi connectivity index (χ4v) is 1.52. The molecule has 0 bridgehead atoms. The van der Waals surface area contributed by atoms with Crippen LogP contribution in [-0.4, -0.2) is 6.61 Å². The molecule has 0 saturated carbocycles. The first-order valence-corrected chi connectivity index (χ1v) is 4.89. The Bertz CT molecular complexity index is 315. The van der Waals surface area contributed by atoms with Crippen LogP contribution >= 0.6 is 0 Å². The summed E-state index contributed by atoms with van der Waals surface area (Å²) in [5, 5.41) is 9.19. The molecule has 1 aromatic rings. The molecule has 0 N–H and O–H groups in total. The lowest BCUT2D eigenvalue weighted by Crippen LogP contribution is -2.27. The highest BCUT2D eigenvalue weighted by Gasteiger charge is 2.30. The van der Waals surface area contributed by atoms with E-state index in [-0.39, 0.29) is 0 Å². The second-order valence-corrected chi connectivity index (χ2v) is 3.09. The van der Waals surface area contributed by atoms with Crippen molar-refractivity contribution >= 4 is 0 Å². The number of hydrogen-bond acceptors (Lipinski definition) is 2. The topological polar surface area (TPSA) is 33.0 Å². The summed E-state index contributed by atoms with van der Waals surface area (Å²) in [5.41, 5.74) is 0.169. The Morgan fingerprint density at radius 3 is 2.36 bits per heavy atom. The summed E-state index contributed by atoms with van der Waals surface area (Å²) in [6.07, 6.45) is 0.668. The first-order chi connectivity index (χ1) is 6.79. The highest BCUT2D eigenvalue weighted by Crippen LogP contribution is 2.28. The van der Waals surface area contributed by atoms with Crippen molar-refractivity contribution in [2.75, 3.05) is 6.61 Å².